The topological polar surface area (TPSA) is 100.0 Å². The van der Waals surface area contributed by atoms with Gasteiger partial charge < -0.3 is 10.7 Å². The lowest BCUT2D eigenvalue weighted by Gasteiger charge is -2.13. The summed E-state index contributed by atoms with van der Waals surface area (Å²) in [6.45, 7) is 3.90. The van der Waals surface area contributed by atoms with Crippen LogP contribution < -0.4 is 11.3 Å². The van der Waals surface area contributed by atoms with Crippen molar-refractivity contribution < 1.29 is 0 Å². The zero-order chi connectivity index (χ0) is 15.9. The number of anilines is 1. The maximum Gasteiger partial charge on any atom is 0.278 e. The van der Waals surface area contributed by atoms with E-state index in [1.165, 1.54) is 10.7 Å². The van der Waals surface area contributed by atoms with Crippen LogP contribution in [0.15, 0.2) is 35.3 Å². The molecule has 0 saturated heterocycles. The number of fused-ring (bicyclic) bond motifs is 1. The van der Waals surface area contributed by atoms with Gasteiger partial charge in [0.2, 0.25) is 0 Å². The minimum atomic E-state index is -0.211. The second kappa shape index (κ2) is 5.04. The van der Waals surface area contributed by atoms with Crippen LogP contribution in [0, 0.1) is 11.3 Å². The minimum Gasteiger partial charge on any atom is -0.399 e. The van der Waals surface area contributed by atoms with E-state index < -0.39 is 0 Å². The van der Waals surface area contributed by atoms with Gasteiger partial charge in [-0.3, -0.25) is 4.79 Å². The fourth-order valence-electron chi connectivity index (χ4n) is 2.52. The minimum absolute atomic E-state index is 0.00967. The number of nitrogens with zero attached hydrogens (tertiary/aromatic N) is 3. The molecule has 0 fully saturated rings. The third-order valence-electron chi connectivity index (χ3n) is 3.60. The summed E-state index contributed by atoms with van der Waals surface area (Å²) < 4.78 is 1.24. The summed E-state index contributed by atoms with van der Waals surface area (Å²) in [6, 6.07) is 9.31. The zero-order valence-corrected chi connectivity index (χ0v) is 12.3. The molecule has 0 amide bonds. The van der Waals surface area contributed by atoms with Crippen molar-refractivity contribution in [2.24, 2.45) is 0 Å². The van der Waals surface area contributed by atoms with Gasteiger partial charge in [-0.1, -0.05) is 26.0 Å². The number of aromatic nitrogens is 3. The number of aromatic amines is 1. The summed E-state index contributed by atoms with van der Waals surface area (Å²) >= 11 is 0. The molecule has 0 spiro atoms. The van der Waals surface area contributed by atoms with Gasteiger partial charge in [-0.2, -0.15) is 14.9 Å². The van der Waals surface area contributed by atoms with Crippen molar-refractivity contribution in [3.63, 3.8) is 0 Å². The molecule has 1 aromatic carbocycles. The number of nitrogen functional groups attached to an aromatic ring is 1. The highest BCUT2D eigenvalue weighted by atomic mass is 16.1. The molecule has 110 valence electrons. The van der Waals surface area contributed by atoms with Gasteiger partial charge in [0.25, 0.3) is 5.56 Å². The molecular weight excluding hydrogens is 278 g/mol. The molecule has 2 heterocycles. The lowest BCUT2D eigenvalue weighted by molar-refractivity contribution is 0.797. The Morgan fingerprint density at radius 3 is 2.59 bits per heavy atom. The van der Waals surface area contributed by atoms with E-state index in [1.54, 1.807) is 12.1 Å². The Labute approximate surface area is 126 Å². The van der Waals surface area contributed by atoms with Crippen LogP contribution in [0.2, 0.25) is 0 Å². The van der Waals surface area contributed by atoms with Crippen molar-refractivity contribution in [2.75, 3.05) is 5.73 Å². The van der Waals surface area contributed by atoms with Crippen molar-refractivity contribution in [1.82, 2.24) is 14.6 Å². The van der Waals surface area contributed by atoms with Gasteiger partial charge in [-0.15, -0.1) is 0 Å². The summed E-state index contributed by atoms with van der Waals surface area (Å²) in [5, 5.41) is 13.2. The van der Waals surface area contributed by atoms with Gasteiger partial charge in [0, 0.05) is 11.3 Å². The molecule has 3 N–H and O–H groups in total. The number of nitriles is 1. The van der Waals surface area contributed by atoms with E-state index in [1.807, 2.05) is 32.0 Å². The molecule has 0 bridgehead atoms. The number of benzene rings is 1. The highest BCUT2D eigenvalue weighted by Crippen LogP contribution is 2.26. The third kappa shape index (κ3) is 2.04. The van der Waals surface area contributed by atoms with Crippen LogP contribution in [0.5, 0.6) is 0 Å². The first-order chi connectivity index (χ1) is 10.5. The molecule has 0 aliphatic carbocycles. The van der Waals surface area contributed by atoms with Gasteiger partial charge in [0.05, 0.1) is 11.9 Å². The van der Waals surface area contributed by atoms with E-state index in [2.05, 4.69) is 10.1 Å². The van der Waals surface area contributed by atoms with E-state index in [4.69, 9.17) is 11.0 Å². The summed E-state index contributed by atoms with van der Waals surface area (Å²) in [6.07, 6.45) is 1.39. The molecule has 0 aliphatic heterocycles. The number of hydrogen-bond donors (Lipinski definition) is 2. The summed E-state index contributed by atoms with van der Waals surface area (Å²) in [5.74, 6) is 0.00967. The normalized spacial score (nSPS) is 11.0. The average molecular weight is 293 g/mol. The monoisotopic (exact) mass is 293 g/mol. The highest BCUT2D eigenvalue weighted by Gasteiger charge is 2.18. The predicted molar refractivity (Wildman–Crippen MR) is 84.5 cm³/mol. The summed E-state index contributed by atoms with van der Waals surface area (Å²) in [4.78, 5) is 15.9. The summed E-state index contributed by atoms with van der Waals surface area (Å²) in [7, 11) is 0. The Balaban J connectivity index is 2.41. The number of nitrogens with two attached hydrogens (primary N) is 1. The Bertz CT molecular complexity index is 942. The second-order valence-electron chi connectivity index (χ2n) is 5.43. The maximum absolute atomic E-state index is 12.7. The molecule has 3 aromatic rings. The molecule has 0 unspecified atom stereocenters. The van der Waals surface area contributed by atoms with Crippen LogP contribution >= 0.6 is 0 Å². The average Bonchev–Trinajstić information content (AvgIpc) is 2.90. The zero-order valence-electron chi connectivity index (χ0n) is 12.3. The Hall–Kier alpha value is -3.07. The Morgan fingerprint density at radius 2 is 2.00 bits per heavy atom. The molecule has 2 aromatic heterocycles. The summed E-state index contributed by atoms with van der Waals surface area (Å²) in [5.41, 5.74) is 9.09. The van der Waals surface area contributed by atoms with Crippen LogP contribution in [0.3, 0.4) is 0 Å². The number of hydrogen-bond acceptors (Lipinski definition) is 4. The van der Waals surface area contributed by atoms with Crippen molar-refractivity contribution in [3.8, 4) is 17.3 Å². The first-order valence-corrected chi connectivity index (χ1v) is 6.93. The lowest BCUT2D eigenvalue weighted by atomic mass is 9.98. The quantitative estimate of drug-likeness (QED) is 0.708. The Morgan fingerprint density at radius 1 is 1.32 bits per heavy atom. The number of nitrogens with one attached hydrogen (secondary N) is 1. The Kier molecular flexibility index (Phi) is 3.18. The first-order valence-electron chi connectivity index (χ1n) is 6.93. The third-order valence-corrected chi connectivity index (χ3v) is 3.60. The van der Waals surface area contributed by atoms with Crippen molar-refractivity contribution in [1.29, 1.82) is 5.26 Å². The predicted octanol–water partition coefficient (Wildman–Crippen LogP) is 2.27. The molecule has 0 radical (unpaired) electrons. The first kappa shape index (κ1) is 13.9. The SMILES string of the molecule is CC(C)c1c(-c2ccc(N)cc2)[nH]c2c(C#N)cnn2c1=O. The molecule has 0 atom stereocenters. The maximum atomic E-state index is 12.7. The molecule has 3 rings (SSSR count). The van der Waals surface area contributed by atoms with E-state index in [-0.39, 0.29) is 11.5 Å². The van der Waals surface area contributed by atoms with E-state index >= 15 is 0 Å². The van der Waals surface area contributed by atoms with Crippen LogP contribution in [0.4, 0.5) is 5.69 Å². The highest BCUT2D eigenvalue weighted by molar-refractivity contribution is 5.69. The standard InChI is InChI=1S/C16H15N5O/c1-9(2)13-14(10-3-5-12(18)6-4-10)20-15-11(7-17)8-19-21(15)16(13)22/h3-6,8-9,20H,18H2,1-2H3. The number of H-pyrrole nitrogens is 1. The largest absolute Gasteiger partial charge is 0.399 e. The van der Waals surface area contributed by atoms with Crippen molar-refractivity contribution >= 4 is 11.3 Å². The van der Waals surface area contributed by atoms with Gasteiger partial charge in [-0.25, -0.2) is 0 Å². The fraction of sp³-hybridized carbons (Fsp3) is 0.188. The lowest BCUT2D eigenvalue weighted by Crippen LogP contribution is -2.22. The second-order valence-corrected chi connectivity index (χ2v) is 5.43. The molecule has 6 nitrogen and oxygen atoms in total. The van der Waals surface area contributed by atoms with Gasteiger partial charge in [-0.05, 0) is 23.6 Å². The van der Waals surface area contributed by atoms with Crippen LogP contribution in [0.25, 0.3) is 16.9 Å². The molecule has 0 aliphatic rings. The van der Waals surface area contributed by atoms with E-state index in [0.717, 1.165) is 5.56 Å². The van der Waals surface area contributed by atoms with Gasteiger partial charge in [0.15, 0.2) is 5.65 Å². The molecule has 6 heteroatoms. The number of rotatable bonds is 2. The fourth-order valence-corrected chi connectivity index (χ4v) is 2.52. The van der Waals surface area contributed by atoms with E-state index in [0.29, 0.717) is 28.2 Å². The van der Waals surface area contributed by atoms with E-state index in [9.17, 15) is 4.79 Å². The van der Waals surface area contributed by atoms with Crippen molar-refractivity contribution in [2.45, 2.75) is 19.8 Å². The van der Waals surface area contributed by atoms with Gasteiger partial charge >= 0.3 is 0 Å². The van der Waals surface area contributed by atoms with Crippen LogP contribution in [-0.2, 0) is 0 Å². The molecular formula is C16H15N5O. The smallest absolute Gasteiger partial charge is 0.278 e. The van der Waals surface area contributed by atoms with Crippen LogP contribution in [0.1, 0.15) is 30.9 Å². The molecule has 0 saturated carbocycles. The van der Waals surface area contributed by atoms with Crippen LogP contribution in [-0.4, -0.2) is 14.6 Å². The van der Waals surface area contributed by atoms with Crippen molar-refractivity contribution in [3.05, 3.63) is 51.9 Å². The van der Waals surface area contributed by atoms with Gasteiger partial charge in [0.1, 0.15) is 11.6 Å². The molecule has 22 heavy (non-hydrogen) atoms.